The van der Waals surface area contributed by atoms with Crippen LogP contribution in [0.3, 0.4) is 0 Å². The summed E-state index contributed by atoms with van der Waals surface area (Å²) in [5, 5.41) is 11.0. The Morgan fingerprint density at radius 3 is 1.77 bits per heavy atom. The normalized spacial score (nSPS) is 16.0. The van der Waals surface area contributed by atoms with Crippen molar-refractivity contribution in [3.05, 3.63) is 114 Å². The number of imidazole rings is 1. The summed E-state index contributed by atoms with van der Waals surface area (Å²) in [6.45, 7) is 7.49. The Morgan fingerprint density at radius 2 is 1.23 bits per heavy atom. The molecule has 0 radical (unpaired) electrons. The first kappa shape index (κ1) is 23.5. The maximum absolute atomic E-state index is 11.0. The monoisotopic (exact) mass is 466 g/mol. The predicted octanol–water partition coefficient (Wildman–Crippen LogP) is 4.87. The number of H-pyrrole nitrogens is 1. The lowest BCUT2D eigenvalue weighted by Gasteiger charge is -2.37. The molecule has 2 N–H and O–H groups in total. The molecule has 0 spiro atoms. The molecule has 4 aromatic rings. The van der Waals surface area contributed by atoms with E-state index in [1.807, 2.05) is 37.3 Å². The molecule has 1 saturated heterocycles. The third kappa shape index (κ3) is 5.70. The standard InChI is InChI=1S/C30H34N4O/c1-23-29(32-30(31-23)26-15-9-4-10-16-26)28(35)22-34-19-17-33(18-20-34)21-27(24-11-5-2-6-12-24)25-13-7-3-8-14-25/h2-16,27-28,35H,17-22H2,1H3,(H,31,32). The summed E-state index contributed by atoms with van der Waals surface area (Å²) < 4.78 is 0. The van der Waals surface area contributed by atoms with Crippen LogP contribution in [-0.4, -0.2) is 64.1 Å². The van der Waals surface area contributed by atoms with Crippen molar-refractivity contribution in [3.63, 3.8) is 0 Å². The lowest BCUT2D eigenvalue weighted by molar-refractivity contribution is 0.0696. The highest BCUT2D eigenvalue weighted by molar-refractivity contribution is 5.55. The number of aliphatic hydroxyl groups is 1. The van der Waals surface area contributed by atoms with Gasteiger partial charge in [-0.1, -0.05) is 91.0 Å². The van der Waals surface area contributed by atoms with Gasteiger partial charge < -0.3 is 10.1 Å². The van der Waals surface area contributed by atoms with E-state index in [-0.39, 0.29) is 0 Å². The largest absolute Gasteiger partial charge is 0.385 e. The number of β-amino-alcohol motifs (C(OH)–C–C–N with tert-alkyl or cyclic N) is 1. The van der Waals surface area contributed by atoms with Gasteiger partial charge in [-0.25, -0.2) is 4.98 Å². The van der Waals surface area contributed by atoms with E-state index in [4.69, 9.17) is 4.98 Å². The van der Waals surface area contributed by atoms with Crippen LogP contribution < -0.4 is 0 Å². The van der Waals surface area contributed by atoms with Crippen molar-refractivity contribution in [1.29, 1.82) is 0 Å². The highest BCUT2D eigenvalue weighted by Gasteiger charge is 2.25. The molecule has 2 heterocycles. The van der Waals surface area contributed by atoms with E-state index < -0.39 is 6.10 Å². The molecule has 1 aliphatic heterocycles. The van der Waals surface area contributed by atoms with Crippen molar-refractivity contribution < 1.29 is 5.11 Å². The maximum Gasteiger partial charge on any atom is 0.137 e. The van der Waals surface area contributed by atoms with E-state index in [1.54, 1.807) is 0 Å². The number of aromatic amines is 1. The number of aryl methyl sites for hydroxylation is 1. The van der Waals surface area contributed by atoms with Crippen LogP contribution in [0.4, 0.5) is 0 Å². The minimum absolute atomic E-state index is 0.359. The molecule has 1 atom stereocenters. The van der Waals surface area contributed by atoms with Crippen LogP contribution in [0, 0.1) is 6.92 Å². The summed E-state index contributed by atoms with van der Waals surface area (Å²) >= 11 is 0. The molecule has 1 unspecified atom stereocenters. The van der Waals surface area contributed by atoms with Crippen LogP contribution in [0.2, 0.25) is 0 Å². The van der Waals surface area contributed by atoms with Gasteiger partial charge in [0.05, 0.1) is 5.69 Å². The Morgan fingerprint density at radius 1 is 0.743 bits per heavy atom. The lowest BCUT2D eigenvalue weighted by Crippen LogP contribution is -2.48. The van der Waals surface area contributed by atoms with Crippen LogP contribution >= 0.6 is 0 Å². The number of nitrogens with one attached hydrogen (secondary N) is 1. The number of rotatable bonds is 8. The molecule has 1 aromatic heterocycles. The van der Waals surface area contributed by atoms with Crippen molar-refractivity contribution >= 4 is 0 Å². The second kappa shape index (κ2) is 11.0. The van der Waals surface area contributed by atoms with Gasteiger partial charge >= 0.3 is 0 Å². The van der Waals surface area contributed by atoms with Gasteiger partial charge in [0.15, 0.2) is 0 Å². The number of aromatic nitrogens is 2. The average molecular weight is 467 g/mol. The summed E-state index contributed by atoms with van der Waals surface area (Å²) in [6, 6.07) is 31.7. The molecular formula is C30H34N4O. The number of benzene rings is 3. The first-order valence-corrected chi connectivity index (χ1v) is 12.5. The summed E-state index contributed by atoms with van der Waals surface area (Å²) in [5.41, 5.74) is 5.44. The summed E-state index contributed by atoms with van der Waals surface area (Å²) in [5.74, 6) is 1.17. The van der Waals surface area contributed by atoms with Gasteiger partial charge in [0, 0.05) is 56.4 Å². The van der Waals surface area contributed by atoms with Crippen LogP contribution in [0.1, 0.15) is 34.5 Å². The third-order valence-corrected chi connectivity index (χ3v) is 7.03. The summed E-state index contributed by atoms with van der Waals surface area (Å²) in [6.07, 6.45) is -0.600. The zero-order valence-corrected chi connectivity index (χ0v) is 20.3. The fraction of sp³-hybridized carbons (Fsp3) is 0.300. The number of nitrogens with zero attached hydrogens (tertiary/aromatic N) is 3. The first-order chi connectivity index (χ1) is 17.2. The molecule has 1 aliphatic rings. The highest BCUT2D eigenvalue weighted by atomic mass is 16.3. The SMILES string of the molecule is Cc1[nH]c(-c2ccccc2)nc1C(O)CN1CCN(CC(c2ccccc2)c2ccccc2)CC1. The maximum atomic E-state index is 11.0. The lowest BCUT2D eigenvalue weighted by atomic mass is 9.90. The van der Waals surface area contributed by atoms with E-state index in [0.717, 1.165) is 55.5 Å². The van der Waals surface area contributed by atoms with Crippen LogP contribution in [0.5, 0.6) is 0 Å². The number of piperazine rings is 1. The zero-order chi connectivity index (χ0) is 24.0. The molecule has 0 aliphatic carbocycles. The Labute approximate surface area is 208 Å². The Bertz CT molecular complexity index is 1150. The van der Waals surface area contributed by atoms with Gasteiger partial charge in [0.2, 0.25) is 0 Å². The molecule has 5 heteroatoms. The molecule has 0 amide bonds. The Hall–Kier alpha value is -3.25. The fourth-order valence-electron chi connectivity index (χ4n) is 5.05. The van der Waals surface area contributed by atoms with Crippen LogP contribution in [-0.2, 0) is 0 Å². The topological polar surface area (TPSA) is 55.4 Å². The molecule has 3 aromatic carbocycles. The van der Waals surface area contributed by atoms with Gasteiger partial charge in [0.1, 0.15) is 11.9 Å². The van der Waals surface area contributed by atoms with Crippen molar-refractivity contribution in [1.82, 2.24) is 19.8 Å². The fourth-order valence-corrected chi connectivity index (χ4v) is 5.05. The molecule has 35 heavy (non-hydrogen) atoms. The molecule has 0 bridgehead atoms. The number of aliphatic hydroxyl groups excluding tert-OH is 1. The Balaban J connectivity index is 1.19. The zero-order valence-electron chi connectivity index (χ0n) is 20.3. The van der Waals surface area contributed by atoms with E-state index in [1.165, 1.54) is 11.1 Å². The highest BCUT2D eigenvalue weighted by Crippen LogP contribution is 2.27. The van der Waals surface area contributed by atoms with Gasteiger partial charge in [0.25, 0.3) is 0 Å². The van der Waals surface area contributed by atoms with E-state index in [9.17, 15) is 5.11 Å². The molecule has 180 valence electrons. The molecule has 1 fully saturated rings. The second-order valence-electron chi connectivity index (χ2n) is 9.45. The predicted molar refractivity (Wildman–Crippen MR) is 141 cm³/mol. The van der Waals surface area contributed by atoms with Crippen molar-refractivity contribution in [3.8, 4) is 11.4 Å². The van der Waals surface area contributed by atoms with E-state index in [2.05, 4.69) is 75.4 Å². The summed E-state index contributed by atoms with van der Waals surface area (Å²) in [4.78, 5) is 13.0. The minimum Gasteiger partial charge on any atom is -0.385 e. The summed E-state index contributed by atoms with van der Waals surface area (Å²) in [7, 11) is 0. The minimum atomic E-state index is -0.600. The van der Waals surface area contributed by atoms with Crippen molar-refractivity contribution in [2.75, 3.05) is 39.3 Å². The quantitative estimate of drug-likeness (QED) is 0.389. The number of hydrogen-bond acceptors (Lipinski definition) is 4. The second-order valence-corrected chi connectivity index (χ2v) is 9.45. The van der Waals surface area contributed by atoms with Crippen LogP contribution in [0.25, 0.3) is 11.4 Å². The van der Waals surface area contributed by atoms with Gasteiger partial charge in [-0.05, 0) is 18.1 Å². The van der Waals surface area contributed by atoms with Crippen molar-refractivity contribution in [2.45, 2.75) is 18.9 Å². The molecular weight excluding hydrogens is 432 g/mol. The molecule has 5 rings (SSSR count). The van der Waals surface area contributed by atoms with Crippen molar-refractivity contribution in [2.24, 2.45) is 0 Å². The Kier molecular flexibility index (Phi) is 7.38. The van der Waals surface area contributed by atoms with Gasteiger partial charge in [-0.15, -0.1) is 0 Å². The first-order valence-electron chi connectivity index (χ1n) is 12.5. The van der Waals surface area contributed by atoms with Crippen LogP contribution in [0.15, 0.2) is 91.0 Å². The molecule has 5 nitrogen and oxygen atoms in total. The third-order valence-electron chi connectivity index (χ3n) is 7.03. The van der Waals surface area contributed by atoms with E-state index >= 15 is 0 Å². The van der Waals surface area contributed by atoms with Gasteiger partial charge in [-0.3, -0.25) is 9.80 Å². The van der Waals surface area contributed by atoms with E-state index in [0.29, 0.717) is 12.5 Å². The number of hydrogen-bond donors (Lipinski definition) is 2. The average Bonchev–Trinajstić information content (AvgIpc) is 3.31. The molecule has 0 saturated carbocycles. The van der Waals surface area contributed by atoms with Gasteiger partial charge in [-0.2, -0.15) is 0 Å². The smallest absolute Gasteiger partial charge is 0.137 e.